The Bertz CT molecular complexity index is 828. The zero-order valence-corrected chi connectivity index (χ0v) is 14.3. The topological polar surface area (TPSA) is 98.0 Å². The average molecular weight is 355 g/mol. The molecule has 0 unspecified atom stereocenters. The van der Waals surface area contributed by atoms with Gasteiger partial charge in [0.15, 0.2) is 5.16 Å². The summed E-state index contributed by atoms with van der Waals surface area (Å²) in [7, 11) is 0. The fraction of sp³-hybridized carbons (Fsp3) is 0.375. The van der Waals surface area contributed by atoms with E-state index in [1.807, 2.05) is 6.07 Å². The first-order chi connectivity index (χ1) is 12.3. The summed E-state index contributed by atoms with van der Waals surface area (Å²) in [5.74, 6) is 0.344. The van der Waals surface area contributed by atoms with Gasteiger partial charge < -0.3 is 5.32 Å². The number of hydrogen-bond donors (Lipinski definition) is 1. The van der Waals surface area contributed by atoms with Crippen molar-refractivity contribution < 1.29 is 4.79 Å². The summed E-state index contributed by atoms with van der Waals surface area (Å²) in [5.41, 5.74) is 0. The summed E-state index contributed by atoms with van der Waals surface area (Å²) < 4.78 is 1.50. The average Bonchev–Trinajstić information content (AvgIpc) is 3.09. The number of hydrogen-bond acceptors (Lipinski definition) is 7. The van der Waals surface area contributed by atoms with Gasteiger partial charge in [-0.3, -0.25) is 4.79 Å². The second-order valence-corrected chi connectivity index (χ2v) is 7.16. The first kappa shape index (κ1) is 15.9. The van der Waals surface area contributed by atoms with E-state index in [-0.39, 0.29) is 17.8 Å². The molecule has 0 aromatic carbocycles. The van der Waals surface area contributed by atoms with Crippen LogP contribution >= 0.6 is 11.8 Å². The number of rotatable bonds is 4. The lowest BCUT2D eigenvalue weighted by Crippen LogP contribution is -2.38. The van der Waals surface area contributed by atoms with Gasteiger partial charge in [-0.05, 0) is 37.8 Å². The first-order valence-electron chi connectivity index (χ1n) is 8.20. The van der Waals surface area contributed by atoms with E-state index in [0.29, 0.717) is 11.0 Å². The molecule has 1 N–H and O–H groups in total. The van der Waals surface area contributed by atoms with Gasteiger partial charge in [0.1, 0.15) is 0 Å². The van der Waals surface area contributed by atoms with Crippen molar-refractivity contribution in [3.8, 4) is 0 Å². The third kappa shape index (κ3) is 3.76. The van der Waals surface area contributed by atoms with E-state index >= 15 is 0 Å². The predicted molar refractivity (Wildman–Crippen MR) is 92.2 cm³/mol. The Morgan fingerprint density at radius 3 is 2.60 bits per heavy atom. The van der Waals surface area contributed by atoms with Crippen LogP contribution < -0.4 is 5.32 Å². The first-order valence-corrected chi connectivity index (χ1v) is 9.08. The number of carbonyl (C=O) groups excluding carboxylic acids is 1. The summed E-state index contributed by atoms with van der Waals surface area (Å²) in [6, 6.07) is 3.72. The van der Waals surface area contributed by atoms with Crippen LogP contribution in [-0.4, -0.2) is 46.7 Å². The molecule has 8 nitrogen and oxygen atoms in total. The maximum atomic E-state index is 12.4. The van der Waals surface area contributed by atoms with Gasteiger partial charge in [0, 0.05) is 36.1 Å². The number of amides is 1. The molecule has 4 rings (SSSR count). The van der Waals surface area contributed by atoms with E-state index in [2.05, 4.69) is 30.4 Å². The Balaban J connectivity index is 1.31. The monoisotopic (exact) mass is 355 g/mol. The van der Waals surface area contributed by atoms with Gasteiger partial charge in [-0.2, -0.15) is 4.98 Å². The molecule has 3 aromatic heterocycles. The molecule has 128 valence electrons. The van der Waals surface area contributed by atoms with Crippen LogP contribution in [0.5, 0.6) is 0 Å². The minimum absolute atomic E-state index is 0.153. The zero-order valence-electron chi connectivity index (χ0n) is 13.4. The van der Waals surface area contributed by atoms with Crippen LogP contribution in [0.3, 0.4) is 0 Å². The molecule has 1 aliphatic carbocycles. The van der Waals surface area contributed by atoms with Gasteiger partial charge >= 0.3 is 0 Å². The predicted octanol–water partition coefficient (Wildman–Crippen LogP) is 1.75. The lowest BCUT2D eigenvalue weighted by molar-refractivity contribution is 0.0918. The van der Waals surface area contributed by atoms with Crippen LogP contribution in [0, 0.1) is 0 Å². The number of nitrogens with zero attached hydrogens (tertiary/aromatic N) is 6. The third-order valence-corrected chi connectivity index (χ3v) is 5.37. The Kier molecular flexibility index (Phi) is 4.55. The second kappa shape index (κ2) is 7.14. The van der Waals surface area contributed by atoms with E-state index in [1.165, 1.54) is 4.52 Å². The molecule has 1 aliphatic rings. The van der Waals surface area contributed by atoms with E-state index in [0.717, 1.165) is 30.8 Å². The quantitative estimate of drug-likeness (QED) is 0.712. The van der Waals surface area contributed by atoms with Crippen molar-refractivity contribution in [3.63, 3.8) is 0 Å². The Hall–Kier alpha value is -2.55. The normalized spacial score (nSPS) is 20.5. The third-order valence-electron chi connectivity index (χ3n) is 4.14. The van der Waals surface area contributed by atoms with Crippen LogP contribution in [-0.2, 0) is 0 Å². The molecule has 3 aromatic rings. The number of fused-ring (bicyclic) bond motifs is 1. The molecule has 0 aliphatic heterocycles. The van der Waals surface area contributed by atoms with Crippen molar-refractivity contribution >= 4 is 23.4 Å². The highest BCUT2D eigenvalue weighted by Gasteiger charge is 2.25. The van der Waals surface area contributed by atoms with Gasteiger partial charge in [0.25, 0.3) is 11.7 Å². The number of aromatic nitrogens is 6. The van der Waals surface area contributed by atoms with Gasteiger partial charge in [-0.25, -0.2) is 19.5 Å². The molecule has 25 heavy (non-hydrogen) atoms. The molecule has 0 bridgehead atoms. The minimum atomic E-state index is -0.243. The van der Waals surface area contributed by atoms with E-state index in [9.17, 15) is 4.79 Å². The van der Waals surface area contributed by atoms with Crippen molar-refractivity contribution in [2.24, 2.45) is 0 Å². The highest BCUT2D eigenvalue weighted by molar-refractivity contribution is 7.99. The minimum Gasteiger partial charge on any atom is -0.347 e. The largest absolute Gasteiger partial charge is 0.347 e. The fourth-order valence-corrected chi connectivity index (χ4v) is 3.95. The molecule has 3 heterocycles. The summed E-state index contributed by atoms with van der Waals surface area (Å²) in [6.45, 7) is 0. The summed E-state index contributed by atoms with van der Waals surface area (Å²) in [5, 5.41) is 8.50. The SMILES string of the molecule is O=C(NC1CCC(Sc2ncccn2)CC1)c1nc2ncccn2n1. The molecule has 0 atom stereocenters. The maximum Gasteiger partial charge on any atom is 0.291 e. The molecule has 0 saturated heterocycles. The van der Waals surface area contributed by atoms with Crippen molar-refractivity contribution in [1.82, 2.24) is 34.9 Å². The highest BCUT2D eigenvalue weighted by Crippen LogP contribution is 2.31. The Morgan fingerprint density at radius 1 is 1.08 bits per heavy atom. The van der Waals surface area contributed by atoms with Gasteiger partial charge in [-0.1, -0.05) is 11.8 Å². The standard InChI is InChI=1S/C16H17N7OS/c24-14(13-21-15-17-9-2-10-23(15)22-13)20-11-3-5-12(6-4-11)25-16-18-7-1-8-19-16/h1-2,7-12H,3-6H2,(H,20,24). The lowest BCUT2D eigenvalue weighted by Gasteiger charge is -2.27. The van der Waals surface area contributed by atoms with Gasteiger partial charge in [0.2, 0.25) is 5.82 Å². The van der Waals surface area contributed by atoms with Crippen molar-refractivity contribution in [1.29, 1.82) is 0 Å². The van der Waals surface area contributed by atoms with Crippen molar-refractivity contribution in [2.45, 2.75) is 42.1 Å². The second-order valence-electron chi connectivity index (χ2n) is 5.90. The summed E-state index contributed by atoms with van der Waals surface area (Å²) in [4.78, 5) is 29.1. The molecule has 1 fully saturated rings. The van der Waals surface area contributed by atoms with E-state index in [4.69, 9.17) is 0 Å². The molecular weight excluding hydrogens is 338 g/mol. The lowest BCUT2D eigenvalue weighted by atomic mass is 9.95. The zero-order chi connectivity index (χ0) is 17.1. The number of nitrogens with one attached hydrogen (secondary N) is 1. The molecule has 9 heteroatoms. The summed E-state index contributed by atoms with van der Waals surface area (Å²) in [6.07, 6.45) is 10.8. The number of carbonyl (C=O) groups is 1. The van der Waals surface area contributed by atoms with Crippen molar-refractivity contribution in [2.75, 3.05) is 0 Å². The fourth-order valence-electron chi connectivity index (χ4n) is 2.90. The van der Waals surface area contributed by atoms with Crippen LogP contribution in [0.4, 0.5) is 0 Å². The molecular formula is C16H17N7OS. The van der Waals surface area contributed by atoms with Crippen molar-refractivity contribution in [3.05, 3.63) is 42.7 Å². The Morgan fingerprint density at radius 2 is 1.84 bits per heavy atom. The van der Waals surface area contributed by atoms with Gasteiger partial charge in [-0.15, -0.1) is 5.10 Å². The van der Waals surface area contributed by atoms with Crippen LogP contribution in [0.1, 0.15) is 36.3 Å². The smallest absolute Gasteiger partial charge is 0.291 e. The van der Waals surface area contributed by atoms with Crippen LogP contribution in [0.15, 0.2) is 42.1 Å². The number of thioether (sulfide) groups is 1. The van der Waals surface area contributed by atoms with E-state index < -0.39 is 0 Å². The maximum absolute atomic E-state index is 12.4. The highest BCUT2D eigenvalue weighted by atomic mass is 32.2. The van der Waals surface area contributed by atoms with Crippen LogP contribution in [0.25, 0.3) is 5.78 Å². The van der Waals surface area contributed by atoms with Gasteiger partial charge in [0.05, 0.1) is 0 Å². The molecule has 1 saturated carbocycles. The summed E-state index contributed by atoms with van der Waals surface area (Å²) >= 11 is 1.71. The van der Waals surface area contributed by atoms with Crippen LogP contribution in [0.2, 0.25) is 0 Å². The van der Waals surface area contributed by atoms with E-state index in [1.54, 1.807) is 42.6 Å². The molecule has 0 spiro atoms. The molecule has 0 radical (unpaired) electrons. The Labute approximate surface area is 148 Å². The molecule has 1 amide bonds.